The molecule has 2 aliphatic heterocycles. The number of ether oxygens (including phenoxy) is 4. The molecule has 10 atom stereocenters. The highest BCUT2D eigenvalue weighted by Crippen LogP contribution is 2.29. The Balaban J connectivity index is 1.62. The summed E-state index contributed by atoms with van der Waals surface area (Å²) in [5.74, 6) is 0. The highest BCUT2D eigenvalue weighted by atomic mass is 16.7. The van der Waals surface area contributed by atoms with Crippen LogP contribution in [0.4, 0.5) is 0 Å². The van der Waals surface area contributed by atoms with Crippen LogP contribution in [0.25, 0.3) is 0 Å². The fraction of sp³-hybridized carbons (Fsp3) is 1.00. The van der Waals surface area contributed by atoms with Gasteiger partial charge in [-0.2, -0.15) is 0 Å². The van der Waals surface area contributed by atoms with E-state index in [4.69, 9.17) is 18.9 Å². The first-order valence-electron chi connectivity index (χ1n) is 15.1. The largest absolute Gasteiger partial charge is 0.394 e. The molecule has 0 amide bonds. The van der Waals surface area contributed by atoms with Gasteiger partial charge in [0.1, 0.15) is 48.8 Å². The van der Waals surface area contributed by atoms with Gasteiger partial charge in [0.05, 0.1) is 13.2 Å². The van der Waals surface area contributed by atoms with Crippen LogP contribution in [0, 0.1) is 0 Å². The van der Waals surface area contributed by atoms with E-state index in [1.807, 2.05) is 0 Å². The molecule has 0 spiro atoms. The van der Waals surface area contributed by atoms with Crippen molar-refractivity contribution >= 4 is 0 Å². The minimum Gasteiger partial charge on any atom is -0.394 e. The Morgan fingerprint density at radius 3 is 1.49 bits per heavy atom. The molecule has 39 heavy (non-hydrogen) atoms. The van der Waals surface area contributed by atoms with E-state index in [0.717, 1.165) is 19.3 Å². The first-order valence-corrected chi connectivity index (χ1v) is 15.1. The van der Waals surface area contributed by atoms with Crippen molar-refractivity contribution in [3.8, 4) is 0 Å². The van der Waals surface area contributed by atoms with Crippen molar-refractivity contribution in [1.29, 1.82) is 0 Å². The molecule has 2 aliphatic rings. The Bertz CT molecular complexity index is 608. The van der Waals surface area contributed by atoms with Gasteiger partial charge in [-0.25, -0.2) is 0 Å². The average Bonchev–Trinajstić information content (AvgIpc) is 2.94. The van der Waals surface area contributed by atoms with Crippen LogP contribution in [-0.4, -0.2) is 117 Å². The first-order chi connectivity index (χ1) is 18.8. The molecule has 2 fully saturated rings. The van der Waals surface area contributed by atoms with Crippen molar-refractivity contribution in [2.24, 2.45) is 0 Å². The molecule has 7 N–H and O–H groups in total. The van der Waals surface area contributed by atoms with E-state index in [0.29, 0.717) is 6.61 Å². The zero-order valence-electron chi connectivity index (χ0n) is 23.6. The van der Waals surface area contributed by atoms with Crippen LogP contribution in [0.3, 0.4) is 0 Å². The summed E-state index contributed by atoms with van der Waals surface area (Å²) in [5, 5.41) is 70.4. The van der Waals surface area contributed by atoms with E-state index in [9.17, 15) is 35.7 Å². The summed E-state index contributed by atoms with van der Waals surface area (Å²) in [4.78, 5) is 0. The van der Waals surface area contributed by atoms with Gasteiger partial charge in [-0.1, -0.05) is 90.4 Å². The molecule has 0 radical (unpaired) electrons. The molecular weight excluding hydrogens is 512 g/mol. The number of hydrogen-bond acceptors (Lipinski definition) is 11. The number of unbranched alkanes of at least 4 members (excludes halogenated alkanes) is 13. The summed E-state index contributed by atoms with van der Waals surface area (Å²) in [5.41, 5.74) is 0. The average molecular weight is 567 g/mol. The van der Waals surface area contributed by atoms with Crippen LogP contribution in [0.15, 0.2) is 0 Å². The molecule has 11 heteroatoms. The number of aliphatic hydroxyl groups is 7. The maximum atomic E-state index is 10.6. The second-order valence-electron chi connectivity index (χ2n) is 11.0. The van der Waals surface area contributed by atoms with Gasteiger partial charge >= 0.3 is 0 Å². The fourth-order valence-electron chi connectivity index (χ4n) is 5.19. The lowest BCUT2D eigenvalue weighted by molar-refractivity contribution is -0.359. The standard InChI is InChI=1S/C28H54O11/c1-2-3-4-5-6-7-8-9-10-11-12-13-14-15-16-36-27-25(35)23(33)26(20(18-30)38-27)39-28-24(34)22(32)21(31)19(17-29)37-28/h19-35H,2-18H2,1H3/t19-,20+,21+,22-,23+,24+,25+,26+,27+,28+/m1/s1. The van der Waals surface area contributed by atoms with Crippen LogP contribution >= 0.6 is 0 Å². The quantitative estimate of drug-likeness (QED) is 0.105. The number of rotatable bonds is 20. The van der Waals surface area contributed by atoms with E-state index in [1.165, 1.54) is 70.6 Å². The molecule has 0 aromatic rings. The lowest BCUT2D eigenvalue weighted by Gasteiger charge is -2.45. The minimum atomic E-state index is -1.69. The van der Waals surface area contributed by atoms with Crippen molar-refractivity contribution < 1.29 is 54.7 Å². The van der Waals surface area contributed by atoms with E-state index in [2.05, 4.69) is 6.92 Å². The van der Waals surface area contributed by atoms with Gasteiger partial charge < -0.3 is 54.7 Å². The van der Waals surface area contributed by atoms with Crippen molar-refractivity contribution in [2.75, 3.05) is 19.8 Å². The lowest BCUT2D eigenvalue weighted by Crippen LogP contribution is -2.64. The second-order valence-corrected chi connectivity index (χ2v) is 11.0. The monoisotopic (exact) mass is 566 g/mol. The third-order valence-electron chi connectivity index (χ3n) is 7.74. The Labute approximate surface area is 233 Å². The molecule has 2 saturated heterocycles. The molecule has 2 rings (SSSR count). The summed E-state index contributed by atoms with van der Waals surface area (Å²) in [6, 6.07) is 0. The maximum Gasteiger partial charge on any atom is 0.187 e. The molecule has 0 aliphatic carbocycles. The fourth-order valence-corrected chi connectivity index (χ4v) is 5.19. The van der Waals surface area contributed by atoms with Crippen molar-refractivity contribution in [3.63, 3.8) is 0 Å². The van der Waals surface area contributed by atoms with Crippen LogP contribution in [0.5, 0.6) is 0 Å². The smallest absolute Gasteiger partial charge is 0.187 e. The highest BCUT2D eigenvalue weighted by Gasteiger charge is 2.50. The van der Waals surface area contributed by atoms with Crippen LogP contribution in [0.2, 0.25) is 0 Å². The lowest BCUT2D eigenvalue weighted by atomic mass is 9.97. The topological polar surface area (TPSA) is 179 Å². The van der Waals surface area contributed by atoms with Crippen LogP contribution in [0.1, 0.15) is 96.8 Å². The summed E-state index contributed by atoms with van der Waals surface area (Å²) < 4.78 is 22.1. The van der Waals surface area contributed by atoms with Crippen molar-refractivity contribution in [2.45, 2.75) is 158 Å². The van der Waals surface area contributed by atoms with Gasteiger partial charge in [0.25, 0.3) is 0 Å². The minimum absolute atomic E-state index is 0.322. The molecule has 0 unspecified atom stereocenters. The van der Waals surface area contributed by atoms with Gasteiger partial charge in [0.2, 0.25) is 0 Å². The Hall–Kier alpha value is -0.440. The van der Waals surface area contributed by atoms with E-state index in [-0.39, 0.29) is 0 Å². The van der Waals surface area contributed by atoms with E-state index >= 15 is 0 Å². The summed E-state index contributed by atoms with van der Waals surface area (Å²) >= 11 is 0. The highest BCUT2D eigenvalue weighted by molar-refractivity contribution is 4.94. The zero-order chi connectivity index (χ0) is 28.6. The first kappa shape index (κ1) is 34.8. The molecule has 11 nitrogen and oxygen atoms in total. The van der Waals surface area contributed by atoms with Gasteiger partial charge in [-0.3, -0.25) is 0 Å². The van der Waals surface area contributed by atoms with Crippen LogP contribution < -0.4 is 0 Å². The maximum absolute atomic E-state index is 10.6. The van der Waals surface area contributed by atoms with Gasteiger partial charge in [0.15, 0.2) is 12.6 Å². The van der Waals surface area contributed by atoms with Crippen LogP contribution in [-0.2, 0) is 18.9 Å². The number of aliphatic hydroxyl groups excluding tert-OH is 7. The molecule has 0 bridgehead atoms. The summed E-state index contributed by atoms with van der Waals surface area (Å²) in [6.45, 7) is 1.34. The molecule has 2 heterocycles. The zero-order valence-corrected chi connectivity index (χ0v) is 23.6. The normalized spacial score (nSPS) is 35.4. The van der Waals surface area contributed by atoms with Gasteiger partial charge in [0, 0.05) is 6.61 Å². The molecular formula is C28H54O11. The molecule has 232 valence electrons. The van der Waals surface area contributed by atoms with E-state index < -0.39 is 74.6 Å². The molecule has 0 saturated carbocycles. The Morgan fingerprint density at radius 2 is 0.974 bits per heavy atom. The summed E-state index contributed by atoms with van der Waals surface area (Å²) in [6.07, 6.45) is 2.97. The summed E-state index contributed by atoms with van der Waals surface area (Å²) in [7, 11) is 0. The number of hydrogen-bond donors (Lipinski definition) is 7. The predicted molar refractivity (Wildman–Crippen MR) is 143 cm³/mol. The second kappa shape index (κ2) is 19.6. The van der Waals surface area contributed by atoms with Gasteiger partial charge in [-0.05, 0) is 6.42 Å². The Morgan fingerprint density at radius 1 is 0.513 bits per heavy atom. The van der Waals surface area contributed by atoms with Crippen molar-refractivity contribution in [3.05, 3.63) is 0 Å². The third-order valence-corrected chi connectivity index (χ3v) is 7.74. The molecule has 0 aromatic heterocycles. The third kappa shape index (κ3) is 11.4. The Kier molecular flexibility index (Phi) is 17.5. The van der Waals surface area contributed by atoms with Gasteiger partial charge in [-0.15, -0.1) is 0 Å². The van der Waals surface area contributed by atoms with E-state index in [1.54, 1.807) is 0 Å². The molecule has 0 aromatic carbocycles. The van der Waals surface area contributed by atoms with Crippen molar-refractivity contribution in [1.82, 2.24) is 0 Å². The SMILES string of the molecule is CCCCCCCCCCCCCCCCO[C@H]1O[C@@H](CO)[C@H](O[C@@H]2O[C@H](CO)[C@H](O)[C@@H](O)[C@@H]2O)[C@@H](O)[C@@H]1O. The predicted octanol–water partition coefficient (Wildman–Crippen LogP) is 1.11.